The second kappa shape index (κ2) is 9.04. The standard InChI is InChI=1S/C24H27N3O2S/c1-17-7-9-19(10-8-17)15-27-23(29)20-5-3-4-6-21(20)25-24(27)30-16-22(28)26-13-11-18(2)12-14-26/h3-10,18H,11-16H2,1-2H3. The highest BCUT2D eigenvalue weighted by atomic mass is 32.2. The molecule has 2 heterocycles. The summed E-state index contributed by atoms with van der Waals surface area (Å²) in [5.41, 5.74) is 2.82. The number of hydrogen-bond acceptors (Lipinski definition) is 4. The second-order valence-corrected chi connectivity index (χ2v) is 9.08. The Kier molecular flexibility index (Phi) is 6.23. The molecule has 156 valence electrons. The molecule has 0 saturated carbocycles. The Hall–Kier alpha value is -2.60. The summed E-state index contributed by atoms with van der Waals surface area (Å²) in [6.07, 6.45) is 2.12. The first-order valence-electron chi connectivity index (χ1n) is 10.5. The normalized spacial score (nSPS) is 14.9. The fraction of sp³-hybridized carbons (Fsp3) is 0.375. The van der Waals surface area contributed by atoms with Crippen molar-refractivity contribution >= 4 is 28.6 Å². The molecule has 1 amide bonds. The van der Waals surface area contributed by atoms with E-state index in [1.165, 1.54) is 17.3 Å². The van der Waals surface area contributed by atoms with E-state index < -0.39 is 0 Å². The van der Waals surface area contributed by atoms with E-state index in [9.17, 15) is 9.59 Å². The lowest BCUT2D eigenvalue weighted by atomic mass is 9.99. The van der Waals surface area contributed by atoms with Crippen LogP contribution in [0, 0.1) is 12.8 Å². The van der Waals surface area contributed by atoms with Gasteiger partial charge in [-0.15, -0.1) is 0 Å². The summed E-state index contributed by atoms with van der Waals surface area (Å²) in [6, 6.07) is 15.6. The molecule has 0 spiro atoms. The molecule has 5 nitrogen and oxygen atoms in total. The minimum absolute atomic E-state index is 0.0667. The SMILES string of the molecule is Cc1ccc(Cn2c(SCC(=O)N3CCC(C)CC3)nc3ccccc3c2=O)cc1. The van der Waals surface area contributed by atoms with Crippen molar-refractivity contribution in [1.82, 2.24) is 14.5 Å². The van der Waals surface area contributed by atoms with Crippen LogP contribution in [0.1, 0.15) is 30.9 Å². The van der Waals surface area contributed by atoms with Crippen molar-refractivity contribution in [3.8, 4) is 0 Å². The van der Waals surface area contributed by atoms with Gasteiger partial charge in [0.2, 0.25) is 5.91 Å². The molecule has 1 fully saturated rings. The molecule has 1 aromatic heterocycles. The number of thioether (sulfide) groups is 1. The molecule has 0 aliphatic carbocycles. The first-order chi connectivity index (χ1) is 14.5. The number of carbonyl (C=O) groups is 1. The van der Waals surface area contributed by atoms with E-state index in [-0.39, 0.29) is 11.5 Å². The van der Waals surface area contributed by atoms with Crippen molar-refractivity contribution in [3.05, 3.63) is 70.0 Å². The zero-order valence-electron chi connectivity index (χ0n) is 17.5. The molecule has 1 aliphatic rings. The summed E-state index contributed by atoms with van der Waals surface area (Å²) < 4.78 is 1.70. The molecule has 4 rings (SSSR count). The number of benzene rings is 2. The number of nitrogens with zero attached hydrogens (tertiary/aromatic N) is 3. The average Bonchev–Trinajstić information content (AvgIpc) is 2.76. The van der Waals surface area contributed by atoms with Gasteiger partial charge in [0.15, 0.2) is 5.16 Å². The van der Waals surface area contributed by atoms with E-state index in [4.69, 9.17) is 4.98 Å². The molecule has 3 aromatic rings. The maximum Gasteiger partial charge on any atom is 0.262 e. The summed E-state index contributed by atoms with van der Waals surface area (Å²) in [6.45, 7) is 6.36. The quantitative estimate of drug-likeness (QED) is 0.460. The van der Waals surface area contributed by atoms with Crippen LogP contribution in [0.15, 0.2) is 58.5 Å². The lowest BCUT2D eigenvalue weighted by Gasteiger charge is -2.30. The van der Waals surface area contributed by atoms with Gasteiger partial charge in [0.1, 0.15) is 0 Å². The molecule has 0 N–H and O–H groups in total. The van der Waals surface area contributed by atoms with Gasteiger partial charge in [0.05, 0.1) is 23.2 Å². The van der Waals surface area contributed by atoms with Crippen LogP contribution in [-0.4, -0.2) is 39.2 Å². The van der Waals surface area contributed by atoms with Gasteiger partial charge in [0.25, 0.3) is 5.56 Å². The number of hydrogen-bond donors (Lipinski definition) is 0. The molecule has 30 heavy (non-hydrogen) atoms. The molecular formula is C24H27N3O2S. The number of para-hydroxylation sites is 1. The van der Waals surface area contributed by atoms with Crippen molar-refractivity contribution < 1.29 is 4.79 Å². The number of piperidine rings is 1. The lowest BCUT2D eigenvalue weighted by Crippen LogP contribution is -2.39. The van der Waals surface area contributed by atoms with Gasteiger partial charge >= 0.3 is 0 Å². The maximum atomic E-state index is 13.2. The van der Waals surface area contributed by atoms with Crippen molar-refractivity contribution in [2.45, 2.75) is 38.4 Å². The first kappa shape index (κ1) is 20.7. The summed E-state index contributed by atoms with van der Waals surface area (Å²) in [5.74, 6) is 1.10. The minimum atomic E-state index is -0.0667. The van der Waals surface area contributed by atoms with E-state index in [0.29, 0.717) is 34.3 Å². The third kappa shape index (κ3) is 4.59. The van der Waals surface area contributed by atoms with Crippen LogP contribution in [0.4, 0.5) is 0 Å². The molecular weight excluding hydrogens is 394 g/mol. The monoisotopic (exact) mass is 421 g/mol. The van der Waals surface area contributed by atoms with Crippen LogP contribution < -0.4 is 5.56 Å². The number of rotatable bonds is 5. The third-order valence-corrected chi connectivity index (χ3v) is 6.71. The highest BCUT2D eigenvalue weighted by Crippen LogP contribution is 2.22. The van der Waals surface area contributed by atoms with E-state index in [1.54, 1.807) is 4.57 Å². The Morgan fingerprint density at radius 2 is 1.80 bits per heavy atom. The number of aryl methyl sites for hydroxylation is 1. The summed E-state index contributed by atoms with van der Waals surface area (Å²) >= 11 is 1.36. The Morgan fingerprint density at radius 1 is 1.10 bits per heavy atom. The predicted octanol–water partition coefficient (Wildman–Crippen LogP) is 4.10. The Bertz CT molecular complexity index is 1100. The number of fused-ring (bicyclic) bond motifs is 1. The smallest absolute Gasteiger partial charge is 0.262 e. The van der Waals surface area contributed by atoms with Gasteiger partial charge in [-0.25, -0.2) is 4.98 Å². The van der Waals surface area contributed by atoms with Crippen LogP contribution in [0.25, 0.3) is 10.9 Å². The Morgan fingerprint density at radius 3 is 2.53 bits per heavy atom. The van der Waals surface area contributed by atoms with Gasteiger partial charge < -0.3 is 4.90 Å². The third-order valence-electron chi connectivity index (χ3n) is 5.75. The van der Waals surface area contributed by atoms with Gasteiger partial charge in [-0.2, -0.15) is 0 Å². The zero-order chi connectivity index (χ0) is 21.1. The molecule has 0 unspecified atom stereocenters. The van der Waals surface area contributed by atoms with Crippen molar-refractivity contribution in [2.24, 2.45) is 5.92 Å². The molecule has 0 radical (unpaired) electrons. The average molecular weight is 422 g/mol. The summed E-state index contributed by atoms with van der Waals surface area (Å²) in [7, 11) is 0. The fourth-order valence-corrected chi connectivity index (χ4v) is 4.65. The fourth-order valence-electron chi connectivity index (χ4n) is 3.75. The van der Waals surface area contributed by atoms with Gasteiger partial charge in [-0.1, -0.05) is 60.6 Å². The van der Waals surface area contributed by atoms with Crippen LogP contribution in [0.3, 0.4) is 0 Å². The lowest BCUT2D eigenvalue weighted by molar-refractivity contribution is -0.129. The molecule has 0 atom stereocenters. The van der Waals surface area contributed by atoms with Gasteiger partial charge in [-0.05, 0) is 43.4 Å². The van der Waals surface area contributed by atoms with Crippen LogP contribution in [0.2, 0.25) is 0 Å². The first-order valence-corrected chi connectivity index (χ1v) is 11.5. The predicted molar refractivity (Wildman–Crippen MR) is 122 cm³/mol. The molecule has 1 saturated heterocycles. The number of amides is 1. The molecule has 0 bridgehead atoms. The molecule has 1 aliphatic heterocycles. The van der Waals surface area contributed by atoms with Crippen molar-refractivity contribution in [1.29, 1.82) is 0 Å². The Balaban J connectivity index is 1.61. The van der Waals surface area contributed by atoms with Crippen molar-refractivity contribution in [3.63, 3.8) is 0 Å². The van der Waals surface area contributed by atoms with E-state index in [2.05, 4.69) is 6.92 Å². The molecule has 2 aromatic carbocycles. The topological polar surface area (TPSA) is 55.2 Å². The van der Waals surface area contributed by atoms with Crippen molar-refractivity contribution in [2.75, 3.05) is 18.8 Å². The number of carbonyl (C=O) groups excluding carboxylic acids is 1. The van der Waals surface area contributed by atoms with Gasteiger partial charge in [0, 0.05) is 13.1 Å². The largest absolute Gasteiger partial charge is 0.342 e. The maximum absolute atomic E-state index is 13.2. The minimum Gasteiger partial charge on any atom is -0.342 e. The number of likely N-dealkylation sites (tertiary alicyclic amines) is 1. The summed E-state index contributed by atoms with van der Waals surface area (Å²) in [4.78, 5) is 32.6. The highest BCUT2D eigenvalue weighted by molar-refractivity contribution is 7.99. The van der Waals surface area contributed by atoms with Crippen LogP contribution in [-0.2, 0) is 11.3 Å². The summed E-state index contributed by atoms with van der Waals surface area (Å²) in [5, 5.41) is 1.20. The number of aromatic nitrogens is 2. The Labute approximate surface area is 181 Å². The van der Waals surface area contributed by atoms with E-state index in [1.807, 2.05) is 60.4 Å². The molecule has 6 heteroatoms. The highest BCUT2D eigenvalue weighted by Gasteiger charge is 2.21. The second-order valence-electron chi connectivity index (χ2n) is 8.14. The van der Waals surface area contributed by atoms with Crippen LogP contribution in [0.5, 0.6) is 0 Å². The zero-order valence-corrected chi connectivity index (χ0v) is 18.3. The van der Waals surface area contributed by atoms with Gasteiger partial charge in [-0.3, -0.25) is 14.2 Å². The van der Waals surface area contributed by atoms with E-state index >= 15 is 0 Å². The van der Waals surface area contributed by atoms with E-state index in [0.717, 1.165) is 31.5 Å². The van der Waals surface area contributed by atoms with Crippen LogP contribution >= 0.6 is 11.8 Å².